The Hall–Kier alpha value is -3.70. The van der Waals surface area contributed by atoms with Crippen molar-refractivity contribution in [3.8, 4) is 22.3 Å². The number of anilines is 1. The fourth-order valence-electron chi connectivity index (χ4n) is 2.73. The molecule has 0 amide bonds. The molecule has 0 aliphatic carbocycles. The molecule has 1 aromatic carbocycles. The van der Waals surface area contributed by atoms with Gasteiger partial charge in [0.1, 0.15) is 23.7 Å². The highest BCUT2D eigenvalue weighted by Gasteiger charge is 2.20. The molecule has 0 fully saturated rings. The minimum absolute atomic E-state index is 0.497. The van der Waals surface area contributed by atoms with Gasteiger partial charge in [0, 0.05) is 11.1 Å². The maximum Gasteiger partial charge on any atom is 0.167 e. The smallest absolute Gasteiger partial charge is 0.167 e. The van der Waals surface area contributed by atoms with E-state index in [0.29, 0.717) is 23.5 Å². The Morgan fingerprint density at radius 3 is 3.00 bits per heavy atom. The van der Waals surface area contributed by atoms with Crippen LogP contribution in [0.25, 0.3) is 20.7 Å². The van der Waals surface area contributed by atoms with Crippen LogP contribution >= 0.6 is 11.3 Å². The van der Waals surface area contributed by atoms with Crippen molar-refractivity contribution in [1.82, 2.24) is 9.97 Å². The monoisotopic (exact) mass is 389 g/mol. The van der Waals surface area contributed by atoms with Crippen molar-refractivity contribution in [3.05, 3.63) is 60.3 Å². The molecule has 8 heteroatoms. The van der Waals surface area contributed by atoms with Crippen molar-refractivity contribution in [2.24, 2.45) is 5.10 Å². The first kappa shape index (κ1) is 17.7. The minimum Gasteiger partial charge on any atom is -0.493 e. The molecule has 0 radical (unpaired) electrons. The Bertz CT molecular complexity index is 1180. The molecular weight excluding hydrogens is 374 g/mol. The molecule has 3 heterocycles. The molecule has 0 bridgehead atoms. The standard InChI is InChI=1S/C20H15N5O2S/c1-2-27-16-6-4-3-5-14(16)18-15(9-21)17-19(28-18)20(23-12-22-17)25-24-10-13-7-8-26-11-13/h3-8,10-12H,2H2,1H3,(H,22,23,25)/b24-10+. The van der Waals surface area contributed by atoms with Crippen molar-refractivity contribution >= 4 is 33.6 Å². The second-order valence-corrected chi connectivity index (χ2v) is 6.69. The number of para-hydroxylation sites is 1. The molecule has 3 aromatic heterocycles. The molecule has 28 heavy (non-hydrogen) atoms. The van der Waals surface area contributed by atoms with Crippen molar-refractivity contribution in [3.63, 3.8) is 0 Å². The lowest BCUT2D eigenvalue weighted by molar-refractivity contribution is 0.341. The number of rotatable bonds is 6. The summed E-state index contributed by atoms with van der Waals surface area (Å²) in [6.07, 6.45) is 6.21. The second kappa shape index (κ2) is 7.90. The summed E-state index contributed by atoms with van der Waals surface area (Å²) in [5, 5.41) is 14.0. The number of nitrogens with one attached hydrogen (secondary N) is 1. The maximum atomic E-state index is 9.77. The summed E-state index contributed by atoms with van der Waals surface area (Å²) in [5.41, 5.74) is 5.70. The van der Waals surface area contributed by atoms with Crippen LogP contribution in [0.3, 0.4) is 0 Å². The largest absolute Gasteiger partial charge is 0.493 e. The lowest BCUT2D eigenvalue weighted by Crippen LogP contribution is -1.94. The first-order chi connectivity index (χ1) is 13.8. The lowest BCUT2D eigenvalue weighted by Gasteiger charge is -2.08. The Labute approximate surface area is 164 Å². The van der Waals surface area contributed by atoms with E-state index in [2.05, 4.69) is 26.6 Å². The van der Waals surface area contributed by atoms with Crippen LogP contribution in [0, 0.1) is 11.3 Å². The SMILES string of the molecule is CCOc1ccccc1-c1sc2c(N/N=C/c3ccoc3)ncnc2c1C#N. The van der Waals surface area contributed by atoms with E-state index in [4.69, 9.17) is 9.15 Å². The third-order valence-electron chi connectivity index (χ3n) is 3.94. The first-order valence-electron chi connectivity index (χ1n) is 8.53. The van der Waals surface area contributed by atoms with E-state index in [9.17, 15) is 5.26 Å². The predicted octanol–water partition coefficient (Wildman–Crippen LogP) is 4.67. The third-order valence-corrected chi connectivity index (χ3v) is 5.16. The highest BCUT2D eigenvalue weighted by Crippen LogP contribution is 2.43. The number of ether oxygens (including phenoxy) is 1. The molecule has 4 rings (SSSR count). The quantitative estimate of drug-likeness (QED) is 0.380. The normalized spacial score (nSPS) is 11.0. The number of hydrogen-bond acceptors (Lipinski definition) is 8. The zero-order valence-electron chi connectivity index (χ0n) is 14.9. The number of hydrazone groups is 1. The zero-order valence-corrected chi connectivity index (χ0v) is 15.7. The fourth-order valence-corrected chi connectivity index (χ4v) is 3.91. The van der Waals surface area contributed by atoms with Gasteiger partial charge >= 0.3 is 0 Å². The van der Waals surface area contributed by atoms with Gasteiger partial charge in [0.25, 0.3) is 0 Å². The number of nitriles is 1. The molecule has 0 spiro atoms. The first-order valence-corrected chi connectivity index (χ1v) is 9.34. The van der Waals surface area contributed by atoms with Crippen molar-refractivity contribution in [1.29, 1.82) is 5.26 Å². The van der Waals surface area contributed by atoms with E-state index < -0.39 is 0 Å². The predicted molar refractivity (Wildman–Crippen MR) is 109 cm³/mol. The van der Waals surface area contributed by atoms with Gasteiger partial charge in [-0.05, 0) is 25.1 Å². The van der Waals surface area contributed by atoms with E-state index in [1.807, 2.05) is 31.2 Å². The van der Waals surface area contributed by atoms with Crippen molar-refractivity contribution in [2.75, 3.05) is 12.0 Å². The van der Waals surface area contributed by atoms with E-state index in [-0.39, 0.29) is 0 Å². The highest BCUT2D eigenvalue weighted by atomic mass is 32.1. The number of hydrogen-bond donors (Lipinski definition) is 1. The minimum atomic E-state index is 0.497. The topological polar surface area (TPSA) is 96.3 Å². The van der Waals surface area contributed by atoms with Crippen LogP contribution in [-0.4, -0.2) is 22.8 Å². The van der Waals surface area contributed by atoms with Gasteiger partial charge in [-0.15, -0.1) is 11.3 Å². The molecule has 0 unspecified atom stereocenters. The van der Waals surface area contributed by atoms with Crippen LogP contribution in [0.4, 0.5) is 5.82 Å². The Kier molecular flexibility index (Phi) is 4.99. The van der Waals surface area contributed by atoms with Crippen molar-refractivity contribution < 1.29 is 9.15 Å². The molecule has 0 saturated heterocycles. The van der Waals surface area contributed by atoms with E-state index in [0.717, 1.165) is 26.5 Å². The maximum absolute atomic E-state index is 9.77. The van der Waals surface area contributed by atoms with Gasteiger partial charge in [-0.25, -0.2) is 9.97 Å². The summed E-state index contributed by atoms with van der Waals surface area (Å²) in [5.74, 6) is 1.26. The average molecular weight is 389 g/mol. The van der Waals surface area contributed by atoms with Gasteiger partial charge in [0.2, 0.25) is 0 Å². The van der Waals surface area contributed by atoms with Crippen LogP contribution in [0.15, 0.2) is 58.7 Å². The van der Waals surface area contributed by atoms with Crippen LogP contribution in [0.1, 0.15) is 18.1 Å². The highest BCUT2D eigenvalue weighted by molar-refractivity contribution is 7.23. The molecule has 0 saturated carbocycles. The molecule has 4 aromatic rings. The molecule has 0 aliphatic rings. The number of fused-ring (bicyclic) bond motifs is 1. The van der Waals surface area contributed by atoms with E-state index >= 15 is 0 Å². The Morgan fingerprint density at radius 1 is 1.32 bits per heavy atom. The Morgan fingerprint density at radius 2 is 2.21 bits per heavy atom. The summed E-state index contributed by atoms with van der Waals surface area (Å²) in [4.78, 5) is 9.39. The van der Waals surface area contributed by atoms with Crippen LogP contribution in [0.2, 0.25) is 0 Å². The van der Waals surface area contributed by atoms with Crippen LogP contribution in [0.5, 0.6) is 5.75 Å². The van der Waals surface area contributed by atoms with Crippen LogP contribution in [-0.2, 0) is 0 Å². The van der Waals surface area contributed by atoms with Gasteiger partial charge in [-0.2, -0.15) is 10.4 Å². The third kappa shape index (κ3) is 3.31. The molecule has 1 N–H and O–H groups in total. The zero-order chi connectivity index (χ0) is 19.3. The van der Waals surface area contributed by atoms with Gasteiger partial charge in [0.05, 0.1) is 40.5 Å². The number of thiophene rings is 1. The fraction of sp³-hybridized carbons (Fsp3) is 0.100. The van der Waals surface area contributed by atoms with Crippen molar-refractivity contribution in [2.45, 2.75) is 6.92 Å². The van der Waals surface area contributed by atoms with Gasteiger partial charge < -0.3 is 9.15 Å². The summed E-state index contributed by atoms with van der Waals surface area (Å²) in [6, 6.07) is 11.7. The summed E-state index contributed by atoms with van der Waals surface area (Å²) >= 11 is 1.43. The number of furan rings is 1. The van der Waals surface area contributed by atoms with E-state index in [1.165, 1.54) is 17.7 Å². The summed E-state index contributed by atoms with van der Waals surface area (Å²) in [7, 11) is 0. The molecule has 0 atom stereocenters. The molecule has 7 nitrogen and oxygen atoms in total. The summed E-state index contributed by atoms with van der Waals surface area (Å²) < 4.78 is 11.5. The lowest BCUT2D eigenvalue weighted by atomic mass is 10.1. The average Bonchev–Trinajstić information content (AvgIpc) is 3.36. The second-order valence-electron chi connectivity index (χ2n) is 5.67. The van der Waals surface area contributed by atoms with Gasteiger partial charge in [-0.3, -0.25) is 5.43 Å². The van der Waals surface area contributed by atoms with Gasteiger partial charge in [-0.1, -0.05) is 12.1 Å². The molecular formula is C20H15N5O2S. The van der Waals surface area contributed by atoms with Gasteiger partial charge in [0.15, 0.2) is 5.82 Å². The van der Waals surface area contributed by atoms with Crippen LogP contribution < -0.4 is 10.2 Å². The Balaban J connectivity index is 1.79. The number of benzene rings is 1. The van der Waals surface area contributed by atoms with E-state index in [1.54, 1.807) is 24.8 Å². The molecule has 138 valence electrons. The summed E-state index contributed by atoms with van der Waals surface area (Å²) in [6.45, 7) is 2.47. The number of aromatic nitrogens is 2. The molecule has 0 aliphatic heterocycles. The number of nitrogens with zero attached hydrogens (tertiary/aromatic N) is 4.